The van der Waals surface area contributed by atoms with E-state index in [1.54, 1.807) is 6.92 Å². The zero-order valence-electron chi connectivity index (χ0n) is 10.5. The molecule has 0 heterocycles. The molecule has 4 nitrogen and oxygen atoms in total. The highest BCUT2D eigenvalue weighted by Gasteiger charge is 2.29. The Kier molecular flexibility index (Phi) is 4.33. The number of fused-ring (bicyclic) bond motifs is 1. The van der Waals surface area contributed by atoms with Gasteiger partial charge in [-0.05, 0) is 30.9 Å². The van der Waals surface area contributed by atoms with Gasteiger partial charge < -0.3 is 14.6 Å². The fraction of sp³-hybridized carbons (Fsp3) is 0.500. The highest BCUT2D eigenvalue weighted by atomic mass is 16.6. The van der Waals surface area contributed by atoms with E-state index in [4.69, 9.17) is 9.47 Å². The van der Waals surface area contributed by atoms with Crippen LogP contribution < -0.4 is 0 Å². The van der Waals surface area contributed by atoms with Gasteiger partial charge in [0.2, 0.25) is 0 Å². The van der Waals surface area contributed by atoms with Crippen molar-refractivity contribution < 1.29 is 19.4 Å². The molecule has 0 bridgehead atoms. The number of carbonyl (C=O) groups is 1. The third-order valence-electron chi connectivity index (χ3n) is 3.11. The third-order valence-corrected chi connectivity index (χ3v) is 3.11. The minimum Gasteiger partial charge on any atom is -0.464 e. The summed E-state index contributed by atoms with van der Waals surface area (Å²) in [6.07, 6.45) is 0.509. The molecule has 0 aliphatic heterocycles. The van der Waals surface area contributed by atoms with Crippen LogP contribution in [0, 0.1) is 0 Å². The van der Waals surface area contributed by atoms with E-state index in [9.17, 15) is 9.90 Å². The molecule has 18 heavy (non-hydrogen) atoms. The molecule has 1 aliphatic rings. The lowest BCUT2D eigenvalue weighted by atomic mass is 9.87. The minimum atomic E-state index is -0.561. The zero-order chi connectivity index (χ0) is 13.0. The molecule has 0 spiro atoms. The molecule has 1 aliphatic carbocycles. The first-order valence-electron chi connectivity index (χ1n) is 6.25. The second-order valence-electron chi connectivity index (χ2n) is 4.34. The lowest BCUT2D eigenvalue weighted by Crippen LogP contribution is -2.29. The predicted octanol–water partition coefficient (Wildman–Crippen LogP) is 1.61. The van der Waals surface area contributed by atoms with Gasteiger partial charge >= 0.3 is 5.97 Å². The molecule has 0 aromatic heterocycles. The van der Waals surface area contributed by atoms with Crippen molar-refractivity contribution in [2.75, 3.05) is 13.2 Å². The van der Waals surface area contributed by atoms with Crippen LogP contribution in [0.15, 0.2) is 24.3 Å². The largest absolute Gasteiger partial charge is 0.464 e. The summed E-state index contributed by atoms with van der Waals surface area (Å²) in [6, 6.07) is 7.85. The Labute approximate surface area is 107 Å². The lowest BCUT2D eigenvalue weighted by Gasteiger charge is -2.29. The number of hydrogen-bond acceptors (Lipinski definition) is 4. The summed E-state index contributed by atoms with van der Waals surface area (Å²) >= 11 is 0. The summed E-state index contributed by atoms with van der Waals surface area (Å²) in [5, 5.41) is 9.98. The third kappa shape index (κ3) is 2.89. The summed E-state index contributed by atoms with van der Waals surface area (Å²) in [4.78, 5) is 11.3. The van der Waals surface area contributed by atoms with Gasteiger partial charge in [0.25, 0.3) is 0 Å². The average Bonchev–Trinajstić information content (AvgIpc) is 2.38. The first-order valence-corrected chi connectivity index (χ1v) is 6.25. The van der Waals surface area contributed by atoms with Crippen molar-refractivity contribution in [3.8, 4) is 0 Å². The summed E-state index contributed by atoms with van der Waals surface area (Å²) in [6.45, 7) is 1.97. The van der Waals surface area contributed by atoms with Crippen LogP contribution in [0.2, 0.25) is 0 Å². The van der Waals surface area contributed by atoms with Crippen LogP contribution in [0.5, 0.6) is 0 Å². The fourth-order valence-corrected chi connectivity index (χ4v) is 2.26. The number of benzene rings is 1. The SMILES string of the molecule is CCOC(=O)COC1c2ccccc2CCC1O. The Morgan fingerprint density at radius 3 is 3.00 bits per heavy atom. The van der Waals surface area contributed by atoms with Gasteiger partial charge in [0.15, 0.2) is 0 Å². The van der Waals surface area contributed by atoms with Crippen LogP contribution in [-0.4, -0.2) is 30.4 Å². The summed E-state index contributed by atoms with van der Waals surface area (Å²) in [7, 11) is 0. The van der Waals surface area contributed by atoms with E-state index in [1.807, 2.05) is 24.3 Å². The van der Waals surface area contributed by atoms with Gasteiger partial charge in [-0.3, -0.25) is 0 Å². The standard InChI is InChI=1S/C14H18O4/c1-2-17-13(16)9-18-14-11-6-4-3-5-10(11)7-8-12(14)15/h3-6,12,14-15H,2,7-9H2,1H3. The van der Waals surface area contributed by atoms with E-state index in [2.05, 4.69) is 0 Å². The van der Waals surface area contributed by atoms with Crippen molar-refractivity contribution in [2.24, 2.45) is 0 Å². The molecule has 1 N–H and O–H groups in total. The fourth-order valence-electron chi connectivity index (χ4n) is 2.26. The van der Waals surface area contributed by atoms with E-state index in [-0.39, 0.29) is 6.61 Å². The van der Waals surface area contributed by atoms with Crippen LogP contribution in [0.3, 0.4) is 0 Å². The van der Waals surface area contributed by atoms with Crippen molar-refractivity contribution in [3.05, 3.63) is 35.4 Å². The topological polar surface area (TPSA) is 55.8 Å². The maximum Gasteiger partial charge on any atom is 0.332 e. The number of ether oxygens (including phenoxy) is 2. The van der Waals surface area contributed by atoms with E-state index in [0.29, 0.717) is 13.0 Å². The van der Waals surface area contributed by atoms with E-state index < -0.39 is 18.2 Å². The maximum atomic E-state index is 11.3. The molecule has 2 atom stereocenters. The zero-order valence-corrected chi connectivity index (χ0v) is 10.5. The Bertz CT molecular complexity index is 416. The minimum absolute atomic E-state index is 0.121. The van der Waals surface area contributed by atoms with Crippen molar-refractivity contribution in [1.82, 2.24) is 0 Å². The molecule has 1 aromatic rings. The molecule has 1 aromatic carbocycles. The maximum absolute atomic E-state index is 11.3. The first-order chi connectivity index (χ1) is 8.72. The Balaban J connectivity index is 2.05. The molecule has 0 fully saturated rings. The van der Waals surface area contributed by atoms with Gasteiger partial charge in [0.05, 0.1) is 12.7 Å². The average molecular weight is 250 g/mol. The lowest BCUT2D eigenvalue weighted by molar-refractivity contribution is -0.153. The highest BCUT2D eigenvalue weighted by molar-refractivity contribution is 5.70. The molecule has 4 heteroatoms. The second-order valence-corrected chi connectivity index (χ2v) is 4.34. The highest BCUT2D eigenvalue weighted by Crippen LogP contribution is 2.32. The monoisotopic (exact) mass is 250 g/mol. The normalized spacial score (nSPS) is 22.3. The number of aliphatic hydroxyl groups excluding tert-OH is 1. The molecule has 0 radical (unpaired) electrons. The number of aliphatic hydroxyl groups is 1. The van der Waals surface area contributed by atoms with Crippen LogP contribution >= 0.6 is 0 Å². The van der Waals surface area contributed by atoms with Crippen LogP contribution in [0.4, 0.5) is 0 Å². The number of hydrogen-bond donors (Lipinski definition) is 1. The molecule has 2 unspecified atom stereocenters. The van der Waals surface area contributed by atoms with E-state index in [0.717, 1.165) is 12.0 Å². The molecular weight excluding hydrogens is 232 g/mol. The molecule has 0 amide bonds. The summed E-state index contributed by atoms with van der Waals surface area (Å²) in [5.74, 6) is -0.396. The van der Waals surface area contributed by atoms with Crippen molar-refractivity contribution in [3.63, 3.8) is 0 Å². The molecule has 0 saturated heterocycles. The van der Waals surface area contributed by atoms with Crippen molar-refractivity contribution in [1.29, 1.82) is 0 Å². The van der Waals surface area contributed by atoms with E-state index >= 15 is 0 Å². The van der Waals surface area contributed by atoms with Crippen LogP contribution in [0.25, 0.3) is 0 Å². The molecule has 2 rings (SSSR count). The van der Waals surface area contributed by atoms with Gasteiger partial charge in [-0.2, -0.15) is 0 Å². The van der Waals surface area contributed by atoms with E-state index in [1.165, 1.54) is 5.56 Å². The summed E-state index contributed by atoms with van der Waals surface area (Å²) < 4.78 is 10.3. The number of carbonyl (C=O) groups excluding carboxylic acids is 1. The molecule has 0 saturated carbocycles. The first kappa shape index (κ1) is 13.1. The van der Waals surface area contributed by atoms with Crippen LogP contribution in [-0.2, 0) is 20.7 Å². The van der Waals surface area contributed by atoms with Gasteiger partial charge in [-0.1, -0.05) is 24.3 Å². The Hall–Kier alpha value is -1.39. The van der Waals surface area contributed by atoms with Gasteiger partial charge in [0, 0.05) is 0 Å². The summed E-state index contributed by atoms with van der Waals surface area (Å²) in [5.41, 5.74) is 2.15. The van der Waals surface area contributed by atoms with Crippen molar-refractivity contribution >= 4 is 5.97 Å². The number of aryl methyl sites for hydroxylation is 1. The Morgan fingerprint density at radius 2 is 2.22 bits per heavy atom. The number of rotatable bonds is 4. The van der Waals surface area contributed by atoms with Gasteiger partial charge in [-0.25, -0.2) is 4.79 Å². The molecular formula is C14H18O4. The smallest absolute Gasteiger partial charge is 0.332 e. The predicted molar refractivity (Wildman–Crippen MR) is 66.1 cm³/mol. The Morgan fingerprint density at radius 1 is 1.44 bits per heavy atom. The number of esters is 1. The molecule has 98 valence electrons. The van der Waals surface area contributed by atoms with Gasteiger partial charge in [-0.15, -0.1) is 0 Å². The second kappa shape index (κ2) is 5.98. The van der Waals surface area contributed by atoms with Gasteiger partial charge in [0.1, 0.15) is 12.7 Å². The van der Waals surface area contributed by atoms with Crippen LogP contribution in [0.1, 0.15) is 30.6 Å². The quantitative estimate of drug-likeness (QED) is 0.825. The van der Waals surface area contributed by atoms with Crippen molar-refractivity contribution in [2.45, 2.75) is 32.0 Å².